The van der Waals surface area contributed by atoms with Crippen LogP contribution >= 0.6 is 11.8 Å². The highest BCUT2D eigenvalue weighted by Crippen LogP contribution is 2.48. The molecule has 0 saturated carbocycles. The first-order chi connectivity index (χ1) is 20.4. The molecule has 1 aliphatic heterocycles. The number of thioether (sulfide) groups is 1. The normalized spacial score (nSPS) is 22.2. The van der Waals surface area contributed by atoms with Gasteiger partial charge < -0.3 is 23.7 Å². The first kappa shape index (κ1) is 38.3. The molecule has 43 heavy (non-hydrogen) atoms. The van der Waals surface area contributed by atoms with Crippen LogP contribution in [0.1, 0.15) is 137 Å². The lowest BCUT2D eigenvalue weighted by Crippen LogP contribution is -2.45. The first-order valence-electron chi connectivity index (χ1n) is 17.1. The molecular formula is C34H62O7SSi. The summed E-state index contributed by atoms with van der Waals surface area (Å²) in [6.45, 7) is 16.4. The summed E-state index contributed by atoms with van der Waals surface area (Å²) in [6, 6.07) is 0. The molecule has 2 rings (SSSR count). The quantitative estimate of drug-likeness (QED) is 0.0752. The standard InChI is InChI=1S/C34H62O7SSi/c1-8-10-12-18-26(39-32-20-14-15-23-38-32)21-22-27-28(41-43(6,7)34(3,4)5)25-29(40-31(37)17-9-2)33(27)42-24-16-11-13-19-30(35)36/h26-28,32H,8-25H2,1-7H3,(H,35,36)/t26-,27-,28+,32?/m0/s1. The average Bonchev–Trinajstić information content (AvgIpc) is 3.23. The van der Waals surface area contributed by atoms with Gasteiger partial charge in [-0.15, -0.1) is 11.8 Å². The van der Waals surface area contributed by atoms with Crippen molar-refractivity contribution in [2.24, 2.45) is 5.92 Å². The van der Waals surface area contributed by atoms with E-state index in [-0.39, 0.29) is 41.8 Å². The van der Waals surface area contributed by atoms with Crippen molar-refractivity contribution in [3.8, 4) is 0 Å². The summed E-state index contributed by atoms with van der Waals surface area (Å²) in [7, 11) is -2.09. The molecule has 0 aromatic carbocycles. The summed E-state index contributed by atoms with van der Waals surface area (Å²) in [5.74, 6) is 0.906. The lowest BCUT2D eigenvalue weighted by Gasteiger charge is -2.40. The molecule has 9 heteroatoms. The molecule has 0 spiro atoms. The van der Waals surface area contributed by atoms with E-state index in [1.165, 1.54) is 12.8 Å². The molecule has 1 saturated heterocycles. The van der Waals surface area contributed by atoms with E-state index in [1.807, 2.05) is 6.92 Å². The Morgan fingerprint density at radius 2 is 1.79 bits per heavy atom. The van der Waals surface area contributed by atoms with E-state index in [2.05, 4.69) is 40.8 Å². The lowest BCUT2D eigenvalue weighted by molar-refractivity contribution is -0.191. The lowest BCUT2D eigenvalue weighted by atomic mass is 9.96. The molecular weight excluding hydrogens is 581 g/mol. The third-order valence-corrected chi connectivity index (χ3v) is 14.9. The molecule has 1 heterocycles. The van der Waals surface area contributed by atoms with Crippen LogP contribution in [-0.4, -0.2) is 56.2 Å². The number of ether oxygens (including phenoxy) is 3. The molecule has 0 aromatic heterocycles. The molecule has 7 nitrogen and oxygen atoms in total. The van der Waals surface area contributed by atoms with Gasteiger partial charge in [-0.05, 0) is 81.7 Å². The Morgan fingerprint density at radius 3 is 2.42 bits per heavy atom. The molecule has 250 valence electrons. The zero-order valence-corrected chi connectivity index (χ0v) is 30.2. The maximum Gasteiger partial charge on any atom is 0.310 e. The van der Waals surface area contributed by atoms with Crippen LogP contribution in [0.25, 0.3) is 0 Å². The van der Waals surface area contributed by atoms with Crippen molar-refractivity contribution >= 4 is 32.0 Å². The number of carbonyl (C=O) groups is 2. The highest BCUT2D eigenvalue weighted by atomic mass is 32.2. The SMILES string of the molecule is CCCCC[C@@H](CC[C@@H]1C(SCCCCCC(=O)O)=C(OC(=O)CCC)C[C@H]1O[Si](C)(C)C(C)(C)C)OC1CCCCO1. The van der Waals surface area contributed by atoms with Gasteiger partial charge in [-0.3, -0.25) is 9.59 Å². The van der Waals surface area contributed by atoms with Crippen molar-refractivity contribution < 1.29 is 33.3 Å². The van der Waals surface area contributed by atoms with Crippen LogP contribution in [-0.2, 0) is 28.2 Å². The van der Waals surface area contributed by atoms with E-state index >= 15 is 0 Å². The minimum Gasteiger partial charge on any atom is -0.481 e. The van der Waals surface area contributed by atoms with Gasteiger partial charge in [0.2, 0.25) is 0 Å². The number of carboxylic acid groups (broad SMARTS) is 1. The van der Waals surface area contributed by atoms with E-state index < -0.39 is 14.3 Å². The Balaban J connectivity index is 2.28. The minimum absolute atomic E-state index is 0.0259. The summed E-state index contributed by atoms with van der Waals surface area (Å²) < 4.78 is 25.7. The van der Waals surface area contributed by atoms with Gasteiger partial charge in [-0.25, -0.2) is 0 Å². The number of unbranched alkanes of at least 4 members (excludes halogenated alkanes) is 4. The molecule has 1 N–H and O–H groups in total. The molecule has 1 unspecified atom stereocenters. The average molecular weight is 643 g/mol. The molecule has 1 aliphatic carbocycles. The summed E-state index contributed by atoms with van der Waals surface area (Å²) in [4.78, 5) is 24.8. The Bertz CT molecular complexity index is 863. The Hall–Kier alpha value is -0.873. The molecule has 0 bridgehead atoms. The largest absolute Gasteiger partial charge is 0.481 e. The fraction of sp³-hybridized carbons (Fsp3) is 0.882. The monoisotopic (exact) mass is 642 g/mol. The number of aliphatic carboxylic acids is 1. The van der Waals surface area contributed by atoms with Gasteiger partial charge in [0.1, 0.15) is 5.76 Å². The third-order valence-electron chi connectivity index (χ3n) is 9.09. The molecule has 2 aliphatic rings. The van der Waals surface area contributed by atoms with Crippen molar-refractivity contribution in [1.82, 2.24) is 0 Å². The van der Waals surface area contributed by atoms with Crippen molar-refractivity contribution in [1.29, 1.82) is 0 Å². The van der Waals surface area contributed by atoms with Crippen LogP contribution in [0, 0.1) is 5.92 Å². The summed E-state index contributed by atoms with van der Waals surface area (Å²) in [5, 5.41) is 9.07. The van der Waals surface area contributed by atoms with Crippen LogP contribution in [0.5, 0.6) is 0 Å². The second-order valence-corrected chi connectivity index (χ2v) is 19.8. The summed E-state index contributed by atoms with van der Waals surface area (Å²) in [5.41, 5.74) is 0. The number of rotatable bonds is 21. The summed E-state index contributed by atoms with van der Waals surface area (Å²) in [6.07, 6.45) is 14.1. The van der Waals surface area contributed by atoms with Crippen LogP contribution in [0.4, 0.5) is 0 Å². The van der Waals surface area contributed by atoms with Crippen molar-refractivity contribution in [3.05, 3.63) is 10.7 Å². The van der Waals surface area contributed by atoms with Crippen LogP contribution in [0.2, 0.25) is 18.1 Å². The Labute approximate surface area is 267 Å². The first-order valence-corrected chi connectivity index (χ1v) is 21.0. The molecule has 0 radical (unpaired) electrons. The van der Waals surface area contributed by atoms with Crippen LogP contribution in [0.3, 0.4) is 0 Å². The van der Waals surface area contributed by atoms with Gasteiger partial charge in [-0.2, -0.15) is 0 Å². The fourth-order valence-corrected chi connectivity index (χ4v) is 8.20. The number of carbonyl (C=O) groups excluding carboxylic acids is 1. The number of esters is 1. The number of hydrogen-bond acceptors (Lipinski definition) is 7. The predicted molar refractivity (Wildman–Crippen MR) is 179 cm³/mol. The van der Waals surface area contributed by atoms with Crippen molar-refractivity contribution in [2.75, 3.05) is 12.4 Å². The minimum atomic E-state index is -2.09. The Kier molecular flexibility index (Phi) is 17.5. The van der Waals surface area contributed by atoms with E-state index in [1.54, 1.807) is 11.8 Å². The summed E-state index contributed by atoms with van der Waals surface area (Å²) >= 11 is 1.79. The predicted octanol–water partition coefficient (Wildman–Crippen LogP) is 9.60. The van der Waals surface area contributed by atoms with Crippen molar-refractivity contribution in [3.63, 3.8) is 0 Å². The van der Waals surface area contributed by atoms with Gasteiger partial charge in [-0.1, -0.05) is 60.3 Å². The van der Waals surface area contributed by atoms with E-state index in [0.717, 1.165) is 87.2 Å². The maximum atomic E-state index is 12.7. The van der Waals surface area contributed by atoms with Crippen molar-refractivity contribution in [2.45, 2.75) is 174 Å². The molecule has 1 fully saturated rings. The number of hydrogen-bond donors (Lipinski definition) is 1. The fourth-order valence-electron chi connectivity index (χ4n) is 5.51. The van der Waals surface area contributed by atoms with Crippen LogP contribution in [0.15, 0.2) is 10.7 Å². The van der Waals surface area contributed by atoms with Gasteiger partial charge in [0, 0.05) is 36.7 Å². The van der Waals surface area contributed by atoms with Gasteiger partial charge in [0.25, 0.3) is 0 Å². The van der Waals surface area contributed by atoms with E-state index in [0.29, 0.717) is 19.3 Å². The maximum absolute atomic E-state index is 12.7. The smallest absolute Gasteiger partial charge is 0.310 e. The second kappa shape index (κ2) is 19.6. The zero-order valence-electron chi connectivity index (χ0n) is 28.3. The van der Waals surface area contributed by atoms with E-state index in [9.17, 15) is 9.59 Å². The Morgan fingerprint density at radius 1 is 1.02 bits per heavy atom. The molecule has 0 aromatic rings. The zero-order chi connectivity index (χ0) is 31.9. The van der Waals surface area contributed by atoms with E-state index in [4.69, 9.17) is 23.7 Å². The van der Waals surface area contributed by atoms with Gasteiger partial charge in [0.15, 0.2) is 14.6 Å². The molecule has 4 atom stereocenters. The van der Waals surface area contributed by atoms with Gasteiger partial charge in [0.05, 0.1) is 12.2 Å². The highest BCUT2D eigenvalue weighted by Gasteiger charge is 2.45. The van der Waals surface area contributed by atoms with Crippen LogP contribution < -0.4 is 0 Å². The second-order valence-electron chi connectivity index (χ2n) is 13.9. The van der Waals surface area contributed by atoms with Gasteiger partial charge >= 0.3 is 11.9 Å². The highest BCUT2D eigenvalue weighted by molar-refractivity contribution is 8.03. The molecule has 0 amide bonds. The number of carboxylic acids is 1. The topological polar surface area (TPSA) is 91.3 Å². The third kappa shape index (κ3) is 14.0.